The summed E-state index contributed by atoms with van der Waals surface area (Å²) in [6.07, 6.45) is 0. The highest BCUT2D eigenvalue weighted by Gasteiger charge is 2.18. The molecule has 0 fully saturated rings. The standard InChI is InChI=1S/C13H19NO4/c1-10-11(4-3-5-12(10)16)13(17)14(6-8-15)7-9-18-2/h3-5,15-16H,6-9H2,1-2H3. The fraction of sp³-hybridized carbons (Fsp3) is 0.462. The first-order valence-electron chi connectivity index (χ1n) is 5.79. The number of amides is 1. The Morgan fingerprint density at radius 1 is 1.39 bits per heavy atom. The van der Waals surface area contributed by atoms with Gasteiger partial charge in [0, 0.05) is 31.3 Å². The van der Waals surface area contributed by atoms with E-state index in [0.29, 0.717) is 24.3 Å². The Hall–Kier alpha value is -1.59. The van der Waals surface area contributed by atoms with Crippen LogP contribution >= 0.6 is 0 Å². The van der Waals surface area contributed by atoms with Gasteiger partial charge in [-0.05, 0) is 19.1 Å². The summed E-state index contributed by atoms with van der Waals surface area (Å²) in [6.45, 7) is 2.65. The van der Waals surface area contributed by atoms with Crippen LogP contribution in [0.3, 0.4) is 0 Å². The minimum Gasteiger partial charge on any atom is -0.508 e. The van der Waals surface area contributed by atoms with Gasteiger partial charge in [-0.2, -0.15) is 0 Å². The number of aliphatic hydroxyl groups is 1. The SMILES string of the molecule is COCCN(CCO)C(=O)c1cccc(O)c1C. The van der Waals surface area contributed by atoms with Crippen molar-refractivity contribution in [3.05, 3.63) is 29.3 Å². The van der Waals surface area contributed by atoms with E-state index < -0.39 is 0 Å². The van der Waals surface area contributed by atoms with Gasteiger partial charge in [-0.25, -0.2) is 0 Å². The maximum atomic E-state index is 12.3. The summed E-state index contributed by atoms with van der Waals surface area (Å²) in [7, 11) is 1.56. The number of benzene rings is 1. The third-order valence-electron chi connectivity index (χ3n) is 2.76. The van der Waals surface area contributed by atoms with Gasteiger partial charge in [-0.1, -0.05) is 6.07 Å². The molecular formula is C13H19NO4. The number of hydrogen-bond acceptors (Lipinski definition) is 4. The monoisotopic (exact) mass is 253 g/mol. The molecule has 0 radical (unpaired) electrons. The number of carbonyl (C=O) groups is 1. The normalized spacial score (nSPS) is 10.4. The molecule has 0 saturated heterocycles. The van der Waals surface area contributed by atoms with Crippen molar-refractivity contribution in [2.45, 2.75) is 6.92 Å². The molecule has 1 amide bonds. The molecule has 0 aliphatic rings. The largest absolute Gasteiger partial charge is 0.508 e. The Morgan fingerprint density at radius 2 is 2.11 bits per heavy atom. The number of methoxy groups -OCH3 is 1. The maximum absolute atomic E-state index is 12.3. The molecule has 2 N–H and O–H groups in total. The Balaban J connectivity index is 2.90. The summed E-state index contributed by atoms with van der Waals surface area (Å²) >= 11 is 0. The van der Waals surface area contributed by atoms with Gasteiger partial charge >= 0.3 is 0 Å². The first-order chi connectivity index (χ1) is 8.61. The molecule has 0 aliphatic heterocycles. The topological polar surface area (TPSA) is 70.0 Å². The predicted molar refractivity (Wildman–Crippen MR) is 67.7 cm³/mol. The van der Waals surface area contributed by atoms with Crippen molar-refractivity contribution in [2.75, 3.05) is 33.4 Å². The Kier molecular flexibility index (Phi) is 5.61. The molecule has 18 heavy (non-hydrogen) atoms. The zero-order valence-corrected chi connectivity index (χ0v) is 10.7. The molecule has 0 aromatic heterocycles. The van der Waals surface area contributed by atoms with E-state index in [-0.39, 0.29) is 24.8 Å². The molecule has 0 saturated carbocycles. The van der Waals surface area contributed by atoms with Crippen LogP contribution in [0.4, 0.5) is 0 Å². The van der Waals surface area contributed by atoms with E-state index in [4.69, 9.17) is 9.84 Å². The molecule has 100 valence electrons. The lowest BCUT2D eigenvalue weighted by Crippen LogP contribution is -2.36. The van der Waals surface area contributed by atoms with E-state index >= 15 is 0 Å². The molecule has 0 atom stereocenters. The second-order valence-corrected chi connectivity index (χ2v) is 3.96. The summed E-state index contributed by atoms with van der Waals surface area (Å²) in [5.74, 6) is -0.119. The number of aromatic hydroxyl groups is 1. The van der Waals surface area contributed by atoms with Gasteiger partial charge in [0.05, 0.1) is 13.2 Å². The van der Waals surface area contributed by atoms with E-state index in [1.807, 2.05) is 0 Å². The van der Waals surface area contributed by atoms with Crippen molar-refractivity contribution in [1.82, 2.24) is 4.90 Å². The molecule has 0 unspecified atom stereocenters. The fourth-order valence-electron chi connectivity index (χ4n) is 1.66. The van der Waals surface area contributed by atoms with Crippen molar-refractivity contribution >= 4 is 5.91 Å². The van der Waals surface area contributed by atoms with Gasteiger partial charge in [0.1, 0.15) is 5.75 Å². The molecule has 1 rings (SSSR count). The Morgan fingerprint density at radius 3 is 2.72 bits per heavy atom. The van der Waals surface area contributed by atoms with E-state index in [9.17, 15) is 9.90 Å². The lowest BCUT2D eigenvalue weighted by atomic mass is 10.1. The highest BCUT2D eigenvalue weighted by Crippen LogP contribution is 2.20. The Bertz CT molecular complexity index is 406. The number of rotatable bonds is 6. The van der Waals surface area contributed by atoms with Crippen molar-refractivity contribution in [3.8, 4) is 5.75 Å². The molecular weight excluding hydrogens is 234 g/mol. The molecule has 5 nitrogen and oxygen atoms in total. The molecule has 0 aliphatic carbocycles. The predicted octanol–water partition coefficient (Wildman–Crippen LogP) is 0.782. The minimum absolute atomic E-state index is 0.0940. The highest BCUT2D eigenvalue weighted by atomic mass is 16.5. The van der Waals surface area contributed by atoms with Crippen LogP contribution in [0.25, 0.3) is 0 Å². The van der Waals surface area contributed by atoms with E-state index in [0.717, 1.165) is 0 Å². The van der Waals surface area contributed by atoms with Gasteiger partial charge in [-0.3, -0.25) is 4.79 Å². The van der Waals surface area contributed by atoms with Crippen LogP contribution < -0.4 is 0 Å². The van der Waals surface area contributed by atoms with E-state index in [1.165, 1.54) is 11.0 Å². The van der Waals surface area contributed by atoms with Crippen molar-refractivity contribution in [1.29, 1.82) is 0 Å². The van der Waals surface area contributed by atoms with Gasteiger partial charge in [-0.15, -0.1) is 0 Å². The van der Waals surface area contributed by atoms with Crippen LogP contribution in [-0.4, -0.2) is 54.4 Å². The Labute approximate surface area is 107 Å². The third-order valence-corrected chi connectivity index (χ3v) is 2.76. The number of carbonyl (C=O) groups excluding carboxylic acids is 1. The summed E-state index contributed by atoms with van der Waals surface area (Å²) in [5, 5.41) is 18.6. The number of phenols is 1. The first kappa shape index (κ1) is 14.5. The smallest absolute Gasteiger partial charge is 0.254 e. The lowest BCUT2D eigenvalue weighted by Gasteiger charge is -2.22. The average molecular weight is 253 g/mol. The summed E-state index contributed by atoms with van der Waals surface area (Å²) in [6, 6.07) is 4.83. The second kappa shape index (κ2) is 6.98. The summed E-state index contributed by atoms with van der Waals surface area (Å²) in [4.78, 5) is 13.8. The molecule has 1 aromatic carbocycles. The van der Waals surface area contributed by atoms with Crippen LogP contribution in [-0.2, 0) is 4.74 Å². The zero-order chi connectivity index (χ0) is 13.5. The second-order valence-electron chi connectivity index (χ2n) is 3.96. The zero-order valence-electron chi connectivity index (χ0n) is 10.7. The molecule has 5 heteroatoms. The quantitative estimate of drug-likeness (QED) is 0.786. The van der Waals surface area contributed by atoms with Gasteiger partial charge in [0.25, 0.3) is 5.91 Å². The van der Waals surface area contributed by atoms with Gasteiger partial charge in [0.2, 0.25) is 0 Å². The highest BCUT2D eigenvalue weighted by molar-refractivity contribution is 5.96. The minimum atomic E-state index is -0.213. The van der Waals surface area contributed by atoms with Crippen LogP contribution in [0.2, 0.25) is 0 Å². The fourth-order valence-corrected chi connectivity index (χ4v) is 1.66. The molecule has 1 aromatic rings. The average Bonchev–Trinajstić information content (AvgIpc) is 2.37. The lowest BCUT2D eigenvalue weighted by molar-refractivity contribution is 0.0655. The van der Waals surface area contributed by atoms with E-state index in [2.05, 4.69) is 0 Å². The number of hydrogen-bond donors (Lipinski definition) is 2. The maximum Gasteiger partial charge on any atom is 0.254 e. The molecule has 0 heterocycles. The summed E-state index contributed by atoms with van der Waals surface area (Å²) in [5.41, 5.74) is 0.988. The number of ether oxygens (including phenoxy) is 1. The molecule has 0 bridgehead atoms. The van der Waals surface area contributed by atoms with Gasteiger partial charge in [0.15, 0.2) is 0 Å². The number of nitrogens with zero attached hydrogens (tertiary/aromatic N) is 1. The van der Waals surface area contributed by atoms with Crippen LogP contribution in [0.15, 0.2) is 18.2 Å². The van der Waals surface area contributed by atoms with Crippen molar-refractivity contribution < 1.29 is 19.7 Å². The third kappa shape index (κ3) is 3.45. The van der Waals surface area contributed by atoms with Crippen molar-refractivity contribution in [3.63, 3.8) is 0 Å². The van der Waals surface area contributed by atoms with Crippen molar-refractivity contribution in [2.24, 2.45) is 0 Å². The molecule has 0 spiro atoms. The van der Waals surface area contributed by atoms with Gasteiger partial charge < -0.3 is 19.8 Å². The number of aliphatic hydroxyl groups excluding tert-OH is 1. The summed E-state index contributed by atoms with van der Waals surface area (Å²) < 4.78 is 4.93. The van der Waals surface area contributed by atoms with Crippen LogP contribution in [0.5, 0.6) is 5.75 Å². The first-order valence-corrected chi connectivity index (χ1v) is 5.79. The van der Waals surface area contributed by atoms with Crippen LogP contribution in [0.1, 0.15) is 15.9 Å². The van der Waals surface area contributed by atoms with Crippen LogP contribution in [0, 0.1) is 6.92 Å². The van der Waals surface area contributed by atoms with E-state index in [1.54, 1.807) is 26.2 Å². The number of phenolic OH excluding ortho intramolecular Hbond substituents is 1.